The van der Waals surface area contributed by atoms with E-state index in [0.29, 0.717) is 13.2 Å². The number of likely N-dealkylation sites (tertiary alicyclic amines) is 1. The Hall–Kier alpha value is -3.58. The summed E-state index contributed by atoms with van der Waals surface area (Å²) in [7, 11) is 0. The number of nitrogens with zero attached hydrogens (tertiary/aromatic N) is 6. The van der Waals surface area contributed by atoms with Gasteiger partial charge in [0.25, 0.3) is 0 Å². The van der Waals surface area contributed by atoms with Gasteiger partial charge in [-0.15, -0.1) is 0 Å². The number of carbonyl (C=O) groups excluding carboxylic acids is 1. The van der Waals surface area contributed by atoms with Crippen molar-refractivity contribution in [3.05, 3.63) is 67.1 Å². The van der Waals surface area contributed by atoms with Crippen LogP contribution >= 0.6 is 23.3 Å². The maximum absolute atomic E-state index is 11.7. The van der Waals surface area contributed by atoms with Gasteiger partial charge in [0.15, 0.2) is 5.82 Å². The minimum Gasteiger partial charge on any atom is -0.378 e. The summed E-state index contributed by atoms with van der Waals surface area (Å²) in [5.74, 6) is 0.758. The van der Waals surface area contributed by atoms with Crippen molar-refractivity contribution in [2.45, 2.75) is 30.3 Å². The lowest BCUT2D eigenvalue weighted by molar-refractivity contribution is -0.117. The molecule has 10 nitrogen and oxygen atoms in total. The number of aromatic nitrogens is 4. The van der Waals surface area contributed by atoms with Crippen LogP contribution in [0.1, 0.15) is 18.4 Å². The standard InChI is InChI=1S/C29H32N8O2S2/c1-2-25(38)33-22-6-4-10-36(18-22)17-20-5-3-7-23(15-20)41-35-21-8-9-24(30-16-21)28-34-26-27(31-19-32-29(26)40-28)37-11-13-39-14-12-37/h2-3,5,7-9,15-16,19,22,35H,1,4,6,10-14,17-18H2,(H,33,38)/t22-/m1/s1. The fraction of sp³-hybridized carbons (Fsp3) is 0.345. The normalized spacial score (nSPS) is 17.9. The topological polar surface area (TPSA) is 108 Å². The Morgan fingerprint density at radius 1 is 1.17 bits per heavy atom. The Kier molecular flexibility index (Phi) is 8.71. The Labute approximate surface area is 247 Å². The van der Waals surface area contributed by atoms with Crippen molar-refractivity contribution < 1.29 is 9.53 Å². The number of rotatable bonds is 9. The Morgan fingerprint density at radius 2 is 2.07 bits per heavy atom. The third-order valence-electron chi connectivity index (χ3n) is 7.10. The number of thiazole rings is 1. The summed E-state index contributed by atoms with van der Waals surface area (Å²) in [4.78, 5) is 36.8. The molecule has 0 bridgehead atoms. The fourth-order valence-corrected chi connectivity index (χ4v) is 6.69. The van der Waals surface area contributed by atoms with E-state index in [2.05, 4.69) is 65.6 Å². The lowest BCUT2D eigenvalue weighted by Crippen LogP contribution is -2.46. The molecule has 1 amide bonds. The average Bonchev–Trinajstić information content (AvgIpc) is 3.46. The van der Waals surface area contributed by atoms with E-state index in [4.69, 9.17) is 9.72 Å². The lowest BCUT2D eigenvalue weighted by atomic mass is 10.0. The second-order valence-electron chi connectivity index (χ2n) is 10.0. The zero-order valence-electron chi connectivity index (χ0n) is 22.7. The molecule has 0 unspecified atom stereocenters. The second-order valence-corrected chi connectivity index (χ2v) is 11.9. The molecule has 0 saturated carbocycles. The molecule has 212 valence electrons. The van der Waals surface area contributed by atoms with Crippen LogP contribution in [-0.4, -0.2) is 76.2 Å². The van der Waals surface area contributed by atoms with E-state index >= 15 is 0 Å². The van der Waals surface area contributed by atoms with Gasteiger partial charge in [-0.2, -0.15) is 0 Å². The molecule has 0 radical (unpaired) electrons. The first-order valence-electron chi connectivity index (χ1n) is 13.7. The number of carbonyl (C=O) groups is 1. The number of hydrogen-bond acceptors (Lipinski definition) is 11. The van der Waals surface area contributed by atoms with Gasteiger partial charge in [-0.3, -0.25) is 14.7 Å². The van der Waals surface area contributed by atoms with Crippen LogP contribution in [0.4, 0.5) is 11.5 Å². The van der Waals surface area contributed by atoms with Gasteiger partial charge in [-0.25, -0.2) is 15.0 Å². The van der Waals surface area contributed by atoms with E-state index in [-0.39, 0.29) is 11.9 Å². The molecule has 0 spiro atoms. The fourth-order valence-electron chi connectivity index (χ4n) is 5.10. The summed E-state index contributed by atoms with van der Waals surface area (Å²) in [5.41, 5.74) is 3.78. The summed E-state index contributed by atoms with van der Waals surface area (Å²) < 4.78 is 8.89. The van der Waals surface area contributed by atoms with Gasteiger partial charge in [0, 0.05) is 37.1 Å². The van der Waals surface area contributed by atoms with Gasteiger partial charge in [0.1, 0.15) is 21.7 Å². The first-order chi connectivity index (χ1) is 20.1. The van der Waals surface area contributed by atoms with E-state index < -0.39 is 0 Å². The molecule has 1 aromatic carbocycles. The summed E-state index contributed by atoms with van der Waals surface area (Å²) in [6.07, 6.45) is 6.85. The molecule has 2 aliphatic rings. The molecular formula is C29H32N8O2S2. The number of nitrogens with one attached hydrogen (secondary N) is 2. The molecular weight excluding hydrogens is 557 g/mol. The molecule has 2 fully saturated rings. The Balaban J connectivity index is 1.07. The molecule has 5 heterocycles. The molecule has 6 rings (SSSR count). The number of piperidine rings is 1. The van der Waals surface area contributed by atoms with Crippen molar-refractivity contribution >= 4 is 51.0 Å². The molecule has 4 aromatic rings. The quantitative estimate of drug-likeness (QED) is 0.216. The van der Waals surface area contributed by atoms with Crippen molar-refractivity contribution in [2.24, 2.45) is 0 Å². The largest absolute Gasteiger partial charge is 0.378 e. The average molecular weight is 589 g/mol. The zero-order valence-corrected chi connectivity index (χ0v) is 24.3. The molecule has 1 atom stereocenters. The van der Waals surface area contributed by atoms with Crippen molar-refractivity contribution in [3.63, 3.8) is 0 Å². The maximum atomic E-state index is 11.7. The van der Waals surface area contributed by atoms with Crippen LogP contribution in [0.5, 0.6) is 0 Å². The number of pyridine rings is 1. The van der Waals surface area contributed by atoms with Crippen molar-refractivity contribution in [2.75, 3.05) is 49.0 Å². The molecule has 2 aliphatic heterocycles. The predicted molar refractivity (Wildman–Crippen MR) is 164 cm³/mol. The minimum atomic E-state index is -0.101. The second kappa shape index (κ2) is 12.9. The Morgan fingerprint density at radius 3 is 2.90 bits per heavy atom. The van der Waals surface area contributed by atoms with E-state index in [1.54, 1.807) is 18.3 Å². The highest BCUT2D eigenvalue weighted by atomic mass is 32.2. The van der Waals surface area contributed by atoms with Gasteiger partial charge in [0.2, 0.25) is 5.91 Å². The summed E-state index contributed by atoms with van der Waals surface area (Å²) in [6.45, 7) is 9.27. The van der Waals surface area contributed by atoms with Crippen LogP contribution in [-0.2, 0) is 16.1 Å². The number of amides is 1. The van der Waals surface area contributed by atoms with Crippen LogP contribution in [0.2, 0.25) is 0 Å². The first-order valence-corrected chi connectivity index (χ1v) is 15.4. The Bertz CT molecular complexity index is 1510. The van der Waals surface area contributed by atoms with Crippen LogP contribution < -0.4 is 14.9 Å². The van der Waals surface area contributed by atoms with Crippen molar-refractivity contribution in [1.29, 1.82) is 0 Å². The lowest BCUT2D eigenvalue weighted by Gasteiger charge is -2.33. The number of benzene rings is 1. The summed E-state index contributed by atoms with van der Waals surface area (Å²) >= 11 is 3.09. The van der Waals surface area contributed by atoms with Crippen LogP contribution in [0.25, 0.3) is 21.0 Å². The molecule has 2 saturated heterocycles. The zero-order chi connectivity index (χ0) is 28.0. The third-order valence-corrected chi connectivity index (χ3v) is 8.91. The molecule has 0 aliphatic carbocycles. The number of fused-ring (bicyclic) bond motifs is 1. The van der Waals surface area contributed by atoms with Gasteiger partial charge >= 0.3 is 0 Å². The molecule has 2 N–H and O–H groups in total. The number of morpholine rings is 1. The first kappa shape index (κ1) is 27.6. The number of ether oxygens (including phenoxy) is 1. The van der Waals surface area contributed by atoms with Crippen LogP contribution in [0.3, 0.4) is 0 Å². The smallest absolute Gasteiger partial charge is 0.243 e. The van der Waals surface area contributed by atoms with Crippen LogP contribution in [0, 0.1) is 0 Å². The summed E-state index contributed by atoms with van der Waals surface area (Å²) in [6, 6.07) is 12.7. The monoisotopic (exact) mass is 588 g/mol. The molecule has 41 heavy (non-hydrogen) atoms. The van der Waals surface area contributed by atoms with E-state index in [1.165, 1.54) is 23.0 Å². The summed E-state index contributed by atoms with van der Waals surface area (Å²) in [5, 5.41) is 3.86. The highest BCUT2D eigenvalue weighted by Gasteiger charge is 2.21. The SMILES string of the molecule is C=CC(=O)N[C@@H]1CCCN(Cc2cccc(SNc3ccc(-c4nc5c(N6CCOCC6)ncnc5s4)nc3)c2)C1. The van der Waals surface area contributed by atoms with E-state index in [0.717, 1.165) is 83.0 Å². The van der Waals surface area contributed by atoms with E-state index in [9.17, 15) is 4.79 Å². The van der Waals surface area contributed by atoms with Gasteiger partial charge < -0.3 is 19.7 Å². The van der Waals surface area contributed by atoms with Gasteiger partial charge in [-0.05, 0) is 67.2 Å². The van der Waals surface area contributed by atoms with Gasteiger partial charge in [-0.1, -0.05) is 30.0 Å². The van der Waals surface area contributed by atoms with Crippen LogP contribution in [0.15, 0.2) is 66.5 Å². The van der Waals surface area contributed by atoms with Crippen molar-refractivity contribution in [1.82, 2.24) is 30.2 Å². The number of anilines is 2. The predicted octanol–water partition coefficient (Wildman–Crippen LogP) is 4.37. The van der Waals surface area contributed by atoms with Crippen molar-refractivity contribution in [3.8, 4) is 10.7 Å². The number of hydrogen-bond donors (Lipinski definition) is 2. The van der Waals surface area contributed by atoms with Gasteiger partial charge in [0.05, 0.1) is 30.8 Å². The molecule has 12 heteroatoms. The highest BCUT2D eigenvalue weighted by molar-refractivity contribution is 8.00. The minimum absolute atomic E-state index is 0.101. The maximum Gasteiger partial charge on any atom is 0.243 e. The van der Waals surface area contributed by atoms with E-state index in [1.807, 2.05) is 18.3 Å². The highest BCUT2D eigenvalue weighted by Crippen LogP contribution is 2.33. The molecule has 3 aromatic heterocycles. The third kappa shape index (κ3) is 6.84.